The molecular formula is C29H53N5O5. The van der Waals surface area contributed by atoms with Crippen molar-refractivity contribution in [1.29, 1.82) is 0 Å². The van der Waals surface area contributed by atoms with Gasteiger partial charge in [-0.2, -0.15) is 0 Å². The maximum Gasteiger partial charge on any atom is 0.312 e. The van der Waals surface area contributed by atoms with E-state index in [0.717, 1.165) is 25.7 Å². The van der Waals surface area contributed by atoms with Crippen LogP contribution in [0.4, 0.5) is 4.79 Å². The first-order valence-corrected chi connectivity index (χ1v) is 14.7. The van der Waals surface area contributed by atoms with Gasteiger partial charge < -0.3 is 26.6 Å². The van der Waals surface area contributed by atoms with Gasteiger partial charge in [-0.1, -0.05) is 48.0 Å². The number of amides is 5. The third kappa shape index (κ3) is 12.4. The van der Waals surface area contributed by atoms with Crippen molar-refractivity contribution in [3.8, 4) is 0 Å². The number of likely N-dealkylation sites (tertiary alicyclic amines) is 1. The molecule has 5 amide bonds. The molecule has 1 heterocycles. The molecule has 1 aliphatic heterocycles. The number of nitrogens with two attached hydrogens (primary N) is 1. The van der Waals surface area contributed by atoms with E-state index in [1.54, 1.807) is 13.8 Å². The SMILES string of the molecule is CC(C)CC1CC(C)N(CCCCCC(=O)N[C@H](C(=O)N[C@@H](CCCNC(N)=O)C(=O)C(C)C)C(C)C)C1=O. The van der Waals surface area contributed by atoms with Crippen LogP contribution in [0.2, 0.25) is 0 Å². The number of Topliss-reactive ketones (excluding diaryl/α,β-unsaturated/α-hetero) is 1. The van der Waals surface area contributed by atoms with Crippen LogP contribution in [-0.4, -0.2) is 65.7 Å². The number of rotatable bonds is 18. The molecule has 10 nitrogen and oxygen atoms in total. The third-order valence-electron chi connectivity index (χ3n) is 7.31. The number of nitrogens with zero attached hydrogens (tertiary/aromatic N) is 1. The van der Waals surface area contributed by atoms with Crippen molar-refractivity contribution >= 4 is 29.5 Å². The van der Waals surface area contributed by atoms with Gasteiger partial charge in [0.2, 0.25) is 17.7 Å². The lowest BCUT2D eigenvalue weighted by atomic mass is 9.95. The van der Waals surface area contributed by atoms with E-state index < -0.39 is 24.0 Å². The van der Waals surface area contributed by atoms with Gasteiger partial charge >= 0.3 is 6.03 Å². The van der Waals surface area contributed by atoms with Crippen LogP contribution in [0.25, 0.3) is 0 Å². The molecule has 1 rings (SSSR count). The third-order valence-corrected chi connectivity index (χ3v) is 7.31. The first-order chi connectivity index (χ1) is 18.2. The Hall–Kier alpha value is -2.65. The summed E-state index contributed by atoms with van der Waals surface area (Å²) < 4.78 is 0. The lowest BCUT2D eigenvalue weighted by Crippen LogP contribution is -2.54. The quantitative estimate of drug-likeness (QED) is 0.193. The Morgan fingerprint density at radius 1 is 0.974 bits per heavy atom. The van der Waals surface area contributed by atoms with Crippen molar-refractivity contribution in [1.82, 2.24) is 20.9 Å². The zero-order valence-electron chi connectivity index (χ0n) is 25.2. The summed E-state index contributed by atoms with van der Waals surface area (Å²) in [7, 11) is 0. The summed E-state index contributed by atoms with van der Waals surface area (Å²) in [5.41, 5.74) is 5.08. The molecule has 2 unspecified atom stereocenters. The predicted molar refractivity (Wildman–Crippen MR) is 153 cm³/mol. The van der Waals surface area contributed by atoms with E-state index in [1.165, 1.54) is 0 Å². The normalized spacial score (nSPS) is 18.9. The van der Waals surface area contributed by atoms with Crippen LogP contribution >= 0.6 is 0 Å². The van der Waals surface area contributed by atoms with E-state index in [-0.39, 0.29) is 41.4 Å². The summed E-state index contributed by atoms with van der Waals surface area (Å²) in [4.78, 5) is 64.0. The molecule has 5 N–H and O–H groups in total. The Morgan fingerprint density at radius 3 is 2.21 bits per heavy atom. The molecule has 0 spiro atoms. The molecule has 0 saturated carbocycles. The molecule has 1 saturated heterocycles. The minimum atomic E-state index is -0.760. The lowest BCUT2D eigenvalue weighted by molar-refractivity contribution is -0.133. The highest BCUT2D eigenvalue weighted by Crippen LogP contribution is 2.29. The van der Waals surface area contributed by atoms with Crippen molar-refractivity contribution in [2.45, 2.75) is 118 Å². The van der Waals surface area contributed by atoms with Crippen LogP contribution in [0.1, 0.15) is 99.8 Å². The van der Waals surface area contributed by atoms with E-state index >= 15 is 0 Å². The van der Waals surface area contributed by atoms with Crippen molar-refractivity contribution in [3.05, 3.63) is 0 Å². The average molecular weight is 552 g/mol. The second kappa shape index (κ2) is 17.1. The van der Waals surface area contributed by atoms with E-state index in [2.05, 4.69) is 36.7 Å². The Bertz CT molecular complexity index is 829. The zero-order chi connectivity index (χ0) is 29.7. The lowest BCUT2D eigenvalue weighted by Gasteiger charge is -2.26. The fourth-order valence-electron chi connectivity index (χ4n) is 5.18. The summed E-state index contributed by atoms with van der Waals surface area (Å²) in [5, 5.41) is 8.15. The molecular weight excluding hydrogens is 498 g/mol. The largest absolute Gasteiger partial charge is 0.352 e. The Morgan fingerprint density at radius 2 is 1.64 bits per heavy atom. The summed E-state index contributed by atoms with van der Waals surface area (Å²) in [6, 6.07) is -1.84. The fraction of sp³-hybridized carbons (Fsp3) is 0.828. The summed E-state index contributed by atoms with van der Waals surface area (Å²) in [6.07, 6.45) is 5.32. The first kappa shape index (κ1) is 34.4. The van der Waals surface area contributed by atoms with Gasteiger partial charge in [-0.05, 0) is 57.3 Å². The van der Waals surface area contributed by atoms with Crippen LogP contribution < -0.4 is 21.7 Å². The van der Waals surface area contributed by atoms with Gasteiger partial charge in [-0.3, -0.25) is 19.2 Å². The number of primary amides is 1. The van der Waals surface area contributed by atoms with Gasteiger partial charge in [0, 0.05) is 37.4 Å². The van der Waals surface area contributed by atoms with Crippen LogP contribution in [0.3, 0.4) is 0 Å². The van der Waals surface area contributed by atoms with Crippen LogP contribution in [0.15, 0.2) is 0 Å². The number of carbonyl (C=O) groups is 5. The monoisotopic (exact) mass is 551 g/mol. The van der Waals surface area contributed by atoms with E-state index in [0.29, 0.717) is 44.7 Å². The average Bonchev–Trinajstić information content (AvgIpc) is 3.09. The maximum atomic E-state index is 13.1. The van der Waals surface area contributed by atoms with Crippen molar-refractivity contribution in [3.63, 3.8) is 0 Å². The molecule has 4 atom stereocenters. The number of urea groups is 1. The predicted octanol–water partition coefficient (Wildman–Crippen LogP) is 3.13. The second-order valence-corrected chi connectivity index (χ2v) is 12.1. The molecule has 1 fully saturated rings. The number of carbonyl (C=O) groups excluding carboxylic acids is 5. The van der Waals surface area contributed by atoms with Crippen molar-refractivity contribution in [2.75, 3.05) is 13.1 Å². The van der Waals surface area contributed by atoms with Gasteiger partial charge in [0.1, 0.15) is 6.04 Å². The van der Waals surface area contributed by atoms with Gasteiger partial charge in [0.25, 0.3) is 0 Å². The highest BCUT2D eigenvalue weighted by Gasteiger charge is 2.36. The number of hydrogen-bond donors (Lipinski definition) is 4. The fourth-order valence-corrected chi connectivity index (χ4v) is 5.18. The van der Waals surface area contributed by atoms with Crippen molar-refractivity contribution < 1.29 is 24.0 Å². The smallest absolute Gasteiger partial charge is 0.312 e. The van der Waals surface area contributed by atoms with E-state index in [4.69, 9.17) is 5.73 Å². The molecule has 0 aromatic rings. The van der Waals surface area contributed by atoms with Crippen LogP contribution in [-0.2, 0) is 19.2 Å². The van der Waals surface area contributed by atoms with E-state index in [9.17, 15) is 24.0 Å². The molecule has 39 heavy (non-hydrogen) atoms. The molecule has 0 aliphatic carbocycles. The molecule has 10 heteroatoms. The van der Waals surface area contributed by atoms with E-state index in [1.807, 2.05) is 18.7 Å². The minimum Gasteiger partial charge on any atom is -0.352 e. The van der Waals surface area contributed by atoms with Gasteiger partial charge in [0.05, 0.1) is 6.04 Å². The molecule has 0 aromatic carbocycles. The Labute approximate surface area is 235 Å². The van der Waals surface area contributed by atoms with Crippen LogP contribution in [0, 0.1) is 23.7 Å². The highest BCUT2D eigenvalue weighted by molar-refractivity contribution is 5.93. The van der Waals surface area contributed by atoms with Gasteiger partial charge in [-0.15, -0.1) is 0 Å². The number of unbranched alkanes of at least 4 members (excludes halogenated alkanes) is 2. The molecule has 0 bridgehead atoms. The molecule has 224 valence electrons. The first-order valence-electron chi connectivity index (χ1n) is 14.7. The molecule has 0 radical (unpaired) electrons. The summed E-state index contributed by atoms with van der Waals surface area (Å²) in [6.45, 7) is 14.7. The second-order valence-electron chi connectivity index (χ2n) is 12.1. The van der Waals surface area contributed by atoms with Crippen molar-refractivity contribution in [2.24, 2.45) is 29.4 Å². The zero-order valence-corrected chi connectivity index (χ0v) is 25.2. The summed E-state index contributed by atoms with van der Waals surface area (Å²) >= 11 is 0. The minimum absolute atomic E-state index is 0.0995. The number of ketones is 1. The molecule has 0 aromatic heterocycles. The topological polar surface area (TPSA) is 151 Å². The Balaban J connectivity index is 2.53. The Kier molecular flexibility index (Phi) is 15.1. The molecule has 1 aliphatic rings. The van der Waals surface area contributed by atoms with Gasteiger partial charge in [0.15, 0.2) is 5.78 Å². The van der Waals surface area contributed by atoms with Gasteiger partial charge in [-0.25, -0.2) is 4.79 Å². The maximum absolute atomic E-state index is 13.1. The van der Waals surface area contributed by atoms with Crippen LogP contribution in [0.5, 0.6) is 0 Å². The summed E-state index contributed by atoms with van der Waals surface area (Å²) in [5.74, 6) is -0.231. The number of nitrogens with one attached hydrogen (secondary N) is 3. The number of hydrogen-bond acceptors (Lipinski definition) is 5. The standard InChI is InChI=1S/C29H53N5O5/c1-18(2)16-22-17-21(7)34(28(22)38)15-10-8-9-13-24(35)33-25(19(3)4)27(37)32-23(26(36)20(5)6)12-11-14-31-29(30)39/h18-23,25H,8-17H2,1-7H3,(H,32,37)(H,33,35)(H3,30,31,39)/t21?,22?,23-,25-/m0/s1. The highest BCUT2D eigenvalue weighted by atomic mass is 16.2.